The highest BCUT2D eigenvalue weighted by molar-refractivity contribution is 7.91. The first-order valence-corrected chi connectivity index (χ1v) is 18.7. The number of sulfonamides is 1. The van der Waals surface area contributed by atoms with E-state index in [1.54, 1.807) is 18.0 Å². The molecule has 2 N–H and O–H groups in total. The molecule has 0 aromatic heterocycles. The van der Waals surface area contributed by atoms with Crippen LogP contribution in [-0.4, -0.2) is 73.8 Å². The third-order valence-electron chi connectivity index (χ3n) is 10.4. The summed E-state index contributed by atoms with van der Waals surface area (Å²) < 4.78 is 33.5. The Kier molecular flexibility index (Phi) is 8.85. The molecule has 4 bridgehead atoms. The second kappa shape index (κ2) is 13.1. The van der Waals surface area contributed by atoms with Crippen LogP contribution in [0, 0.1) is 17.8 Å². The number of nitrogens with zero attached hydrogens (tertiary/aromatic N) is 2. The molecule has 4 aliphatic carbocycles. The highest BCUT2D eigenvalue weighted by atomic mass is 32.2. The van der Waals surface area contributed by atoms with E-state index in [4.69, 9.17) is 9.57 Å². The predicted molar refractivity (Wildman–Crippen MR) is 184 cm³/mol. The van der Waals surface area contributed by atoms with Gasteiger partial charge >= 0.3 is 0 Å². The first kappa shape index (κ1) is 33.1. The van der Waals surface area contributed by atoms with Crippen molar-refractivity contribution in [1.82, 2.24) is 14.9 Å². The Morgan fingerprint density at radius 2 is 1.82 bits per heavy atom. The van der Waals surface area contributed by atoms with Gasteiger partial charge in [0.15, 0.2) is 0 Å². The smallest absolute Gasteiger partial charge is 0.259 e. The lowest BCUT2D eigenvalue weighted by atomic mass is 9.93. The fraction of sp³-hybridized carbons (Fsp3) is 0.459. The van der Waals surface area contributed by atoms with Gasteiger partial charge in [0, 0.05) is 30.6 Å². The largest absolute Gasteiger partial charge is 0.490 e. The van der Waals surface area contributed by atoms with E-state index in [0.29, 0.717) is 37.5 Å². The topological polar surface area (TPSA) is 143 Å². The summed E-state index contributed by atoms with van der Waals surface area (Å²) in [7, 11) is -2.08. The maximum atomic E-state index is 14.1. The van der Waals surface area contributed by atoms with E-state index in [2.05, 4.69) is 27.8 Å². The van der Waals surface area contributed by atoms with Crippen LogP contribution in [0.15, 0.2) is 72.4 Å². The Morgan fingerprint density at radius 3 is 2.57 bits per heavy atom. The number of nitrogens with one attached hydrogen (secondary N) is 2. The van der Waals surface area contributed by atoms with Crippen molar-refractivity contribution in [3.8, 4) is 16.9 Å². The van der Waals surface area contributed by atoms with Gasteiger partial charge in [0.25, 0.3) is 5.91 Å². The van der Waals surface area contributed by atoms with Crippen LogP contribution in [0.5, 0.6) is 5.75 Å². The van der Waals surface area contributed by atoms with Gasteiger partial charge in [-0.2, -0.15) is 0 Å². The number of fused-ring (bicyclic) bond motifs is 6. The number of carbonyl (C=O) groups excluding carboxylic acids is 3. The molecule has 0 radical (unpaired) electrons. The fourth-order valence-corrected chi connectivity index (χ4v) is 8.71. The highest BCUT2D eigenvalue weighted by Crippen LogP contribution is 2.47. The first-order chi connectivity index (χ1) is 23.6. The summed E-state index contributed by atoms with van der Waals surface area (Å²) >= 11 is 0. The van der Waals surface area contributed by atoms with Crippen LogP contribution in [0.1, 0.15) is 62.5 Å². The SMILES string of the molecule is C=C[C@H]1C[C@]1(NC(=O)[C@@H]1C[C@@H]2C[C@H]1C(=O)N(C)CCCC/C=C\COc1ccc3c(c1)/C(=N/O2)c1ccccc1-3)C(=O)NS(=O)(=O)C1CC1. The molecule has 3 saturated carbocycles. The Hall–Kier alpha value is -4.45. The minimum atomic E-state index is -3.82. The van der Waals surface area contributed by atoms with Crippen molar-refractivity contribution in [2.45, 2.75) is 68.3 Å². The van der Waals surface area contributed by atoms with Crippen molar-refractivity contribution in [2.24, 2.45) is 22.9 Å². The van der Waals surface area contributed by atoms with E-state index < -0.39 is 56.5 Å². The number of ether oxygens (including phenoxy) is 1. The lowest BCUT2D eigenvalue weighted by Crippen LogP contribution is -2.54. The number of oxime groups is 1. The fourth-order valence-electron chi connectivity index (χ4n) is 7.34. The Labute approximate surface area is 286 Å². The second-order valence-electron chi connectivity index (χ2n) is 13.8. The summed E-state index contributed by atoms with van der Waals surface area (Å²) in [5.41, 5.74) is 3.04. The normalized spacial score (nSPS) is 29.8. The van der Waals surface area contributed by atoms with Crippen LogP contribution in [-0.2, 0) is 29.2 Å². The molecule has 11 nitrogen and oxygen atoms in total. The minimum Gasteiger partial charge on any atom is -0.490 e. The summed E-state index contributed by atoms with van der Waals surface area (Å²) in [5.74, 6) is -2.66. The number of benzene rings is 2. The van der Waals surface area contributed by atoms with E-state index in [-0.39, 0.29) is 25.2 Å². The van der Waals surface area contributed by atoms with Crippen molar-refractivity contribution < 1.29 is 32.4 Å². The number of hydrogen-bond donors (Lipinski definition) is 2. The molecule has 7 rings (SSSR count). The summed E-state index contributed by atoms with van der Waals surface area (Å²) in [6.07, 6.45) is 9.28. The lowest BCUT2D eigenvalue weighted by Gasteiger charge is -2.26. The quantitative estimate of drug-likeness (QED) is 0.372. The van der Waals surface area contributed by atoms with Crippen LogP contribution < -0.4 is 14.8 Å². The first-order valence-electron chi connectivity index (χ1n) is 17.1. The molecule has 1 aliphatic heterocycles. The molecule has 2 aromatic rings. The van der Waals surface area contributed by atoms with Crippen molar-refractivity contribution in [2.75, 3.05) is 20.2 Å². The van der Waals surface area contributed by atoms with Gasteiger partial charge in [-0.3, -0.25) is 19.1 Å². The molecule has 3 fully saturated rings. The standard InChI is InChI=1S/C37H42N4O7S/c1-3-23-22-37(23,36(44)40-49(45,46)26-14-15-26)38-34(42)31-20-25-21-32(31)35(43)41(2)17-9-5-4-6-10-18-47-24-13-16-28-27-11-7-8-12-29(27)33(39-48-25)30(28)19-24/h3,6-8,10-13,16,19,23,25-26,31-32H,1,4-5,9,14-15,17-18,20-22H2,2H3,(H,38,42)(H,40,44)/b10-6-,39-33+/t23-,25+,31+,32+,37+/m0/s1. The molecule has 49 heavy (non-hydrogen) atoms. The highest BCUT2D eigenvalue weighted by Gasteiger charge is 2.62. The number of rotatable bonds is 6. The zero-order valence-electron chi connectivity index (χ0n) is 27.6. The van der Waals surface area contributed by atoms with Gasteiger partial charge in [-0.15, -0.1) is 6.58 Å². The molecule has 5 aliphatic rings. The van der Waals surface area contributed by atoms with Crippen LogP contribution in [0.2, 0.25) is 0 Å². The molecule has 0 unspecified atom stereocenters. The monoisotopic (exact) mass is 686 g/mol. The average Bonchev–Trinajstić information content (AvgIpc) is 4.00. The summed E-state index contributed by atoms with van der Waals surface area (Å²) in [5, 5.41) is 6.93. The Balaban J connectivity index is 1.17. The number of allylic oxidation sites excluding steroid dienone is 1. The zero-order valence-corrected chi connectivity index (χ0v) is 28.4. The minimum absolute atomic E-state index is 0.173. The van der Waals surface area contributed by atoms with E-state index in [1.165, 1.54) is 0 Å². The Bertz CT molecular complexity index is 1850. The van der Waals surface area contributed by atoms with Gasteiger partial charge < -0.3 is 19.8 Å². The third kappa shape index (κ3) is 6.50. The number of hydrogen-bond acceptors (Lipinski definition) is 8. The average molecular weight is 687 g/mol. The summed E-state index contributed by atoms with van der Waals surface area (Å²) in [6.45, 7) is 4.75. The van der Waals surface area contributed by atoms with E-state index >= 15 is 0 Å². The molecular formula is C37H42N4O7S. The molecule has 3 amide bonds. The van der Waals surface area contributed by atoms with E-state index in [9.17, 15) is 22.8 Å². The molecule has 1 heterocycles. The van der Waals surface area contributed by atoms with Gasteiger partial charge in [0.05, 0.1) is 17.1 Å². The van der Waals surface area contributed by atoms with Crippen molar-refractivity contribution in [1.29, 1.82) is 0 Å². The Morgan fingerprint density at radius 1 is 1.04 bits per heavy atom. The summed E-state index contributed by atoms with van der Waals surface area (Å²) in [4.78, 5) is 49.2. The van der Waals surface area contributed by atoms with Gasteiger partial charge in [-0.05, 0) is 80.7 Å². The van der Waals surface area contributed by atoms with Crippen molar-refractivity contribution in [3.05, 3.63) is 78.4 Å². The van der Waals surface area contributed by atoms with Gasteiger partial charge in [-0.1, -0.05) is 47.6 Å². The van der Waals surface area contributed by atoms with Gasteiger partial charge in [0.1, 0.15) is 29.7 Å². The molecule has 5 atom stereocenters. The number of amides is 3. The lowest BCUT2D eigenvalue weighted by molar-refractivity contribution is -0.140. The third-order valence-corrected chi connectivity index (χ3v) is 12.3. The van der Waals surface area contributed by atoms with Gasteiger partial charge in [0.2, 0.25) is 21.8 Å². The maximum Gasteiger partial charge on any atom is 0.259 e. The van der Waals surface area contributed by atoms with Crippen molar-refractivity contribution >= 4 is 33.5 Å². The van der Waals surface area contributed by atoms with Crippen LogP contribution >= 0.6 is 0 Å². The predicted octanol–water partition coefficient (Wildman–Crippen LogP) is 4.08. The van der Waals surface area contributed by atoms with Crippen LogP contribution in [0.3, 0.4) is 0 Å². The maximum absolute atomic E-state index is 14.1. The molecule has 2 aromatic carbocycles. The number of carbonyl (C=O) groups is 3. The second-order valence-corrected chi connectivity index (χ2v) is 15.8. The van der Waals surface area contributed by atoms with Gasteiger partial charge in [-0.25, -0.2) is 8.42 Å². The molecule has 0 spiro atoms. The van der Waals surface area contributed by atoms with Crippen LogP contribution in [0.4, 0.5) is 0 Å². The van der Waals surface area contributed by atoms with E-state index in [0.717, 1.165) is 41.5 Å². The molecule has 258 valence electrons. The molecule has 0 saturated heterocycles. The molecular weight excluding hydrogens is 644 g/mol. The molecule has 12 heteroatoms. The van der Waals surface area contributed by atoms with E-state index in [1.807, 2.05) is 48.5 Å². The summed E-state index contributed by atoms with van der Waals surface area (Å²) in [6, 6.07) is 13.9. The van der Waals surface area contributed by atoms with Crippen molar-refractivity contribution in [3.63, 3.8) is 0 Å². The van der Waals surface area contributed by atoms with Crippen LogP contribution in [0.25, 0.3) is 11.1 Å². The zero-order chi connectivity index (χ0) is 34.3.